The molecule has 1 unspecified atom stereocenters. The van der Waals surface area contributed by atoms with Gasteiger partial charge in [0.25, 0.3) is 5.91 Å². The van der Waals surface area contributed by atoms with Gasteiger partial charge in [0.2, 0.25) is 0 Å². The molecule has 1 aliphatic carbocycles. The van der Waals surface area contributed by atoms with Gasteiger partial charge in [0.05, 0.1) is 18.8 Å². The molecule has 174 valence electrons. The van der Waals surface area contributed by atoms with E-state index >= 15 is 0 Å². The van der Waals surface area contributed by atoms with Crippen LogP contribution in [0, 0.1) is 0 Å². The van der Waals surface area contributed by atoms with Gasteiger partial charge >= 0.3 is 0 Å². The average Bonchev–Trinajstić information content (AvgIpc) is 3.44. The maximum atomic E-state index is 12.9. The van der Waals surface area contributed by atoms with Crippen molar-refractivity contribution < 1.29 is 9.53 Å². The molecule has 2 aliphatic heterocycles. The minimum atomic E-state index is -0.0208. The number of aryl methyl sites for hydroxylation is 1. The third-order valence-electron chi connectivity index (χ3n) is 7.44. The Labute approximate surface area is 200 Å². The SMILES string of the molecule is O=C1Nc2ccc(CCN3CCOCC3)cc2C1=Cc1cc2c([nH]1)CCCC2c1ccccc1. The van der Waals surface area contributed by atoms with Crippen molar-refractivity contribution in [3.8, 4) is 0 Å². The highest BCUT2D eigenvalue weighted by Gasteiger charge is 2.27. The van der Waals surface area contributed by atoms with Crippen LogP contribution in [0.15, 0.2) is 54.6 Å². The number of carbonyl (C=O) groups excluding carboxylic acids is 1. The van der Waals surface area contributed by atoms with E-state index in [0.717, 1.165) is 68.2 Å². The molecule has 2 aromatic carbocycles. The van der Waals surface area contributed by atoms with Crippen LogP contribution in [-0.2, 0) is 22.4 Å². The minimum Gasteiger partial charge on any atom is -0.379 e. The fourth-order valence-electron chi connectivity index (χ4n) is 5.60. The summed E-state index contributed by atoms with van der Waals surface area (Å²) >= 11 is 0. The van der Waals surface area contributed by atoms with Crippen LogP contribution in [0.3, 0.4) is 0 Å². The predicted octanol–water partition coefficient (Wildman–Crippen LogP) is 4.85. The van der Waals surface area contributed by atoms with Crippen LogP contribution in [0.2, 0.25) is 0 Å². The number of hydrogen-bond donors (Lipinski definition) is 2. The van der Waals surface area contributed by atoms with Crippen molar-refractivity contribution in [3.63, 3.8) is 0 Å². The monoisotopic (exact) mass is 453 g/mol. The number of hydrogen-bond acceptors (Lipinski definition) is 3. The second kappa shape index (κ2) is 9.24. The maximum absolute atomic E-state index is 12.9. The van der Waals surface area contributed by atoms with Gasteiger partial charge in [-0.3, -0.25) is 9.69 Å². The zero-order chi connectivity index (χ0) is 22.9. The molecule has 0 bridgehead atoms. The normalized spacial score (nSPS) is 21.4. The van der Waals surface area contributed by atoms with E-state index in [1.165, 1.54) is 35.2 Å². The first-order chi connectivity index (χ1) is 16.7. The molecule has 6 rings (SSSR count). The van der Waals surface area contributed by atoms with Gasteiger partial charge in [-0.1, -0.05) is 36.4 Å². The van der Waals surface area contributed by atoms with E-state index in [-0.39, 0.29) is 5.91 Å². The Kier molecular flexibility index (Phi) is 5.81. The molecule has 3 aliphatic rings. The predicted molar refractivity (Wildman–Crippen MR) is 136 cm³/mol. The van der Waals surface area contributed by atoms with Crippen LogP contribution < -0.4 is 5.32 Å². The van der Waals surface area contributed by atoms with Gasteiger partial charge in [-0.05, 0) is 66.6 Å². The third kappa shape index (κ3) is 4.22. The Morgan fingerprint density at radius 1 is 1.06 bits per heavy atom. The fourth-order valence-corrected chi connectivity index (χ4v) is 5.60. The number of ether oxygens (including phenoxy) is 1. The fraction of sp³-hybridized carbons (Fsp3) is 0.345. The molecule has 0 radical (unpaired) electrons. The lowest BCUT2D eigenvalue weighted by Gasteiger charge is -2.26. The number of benzene rings is 2. The quantitative estimate of drug-likeness (QED) is 0.543. The van der Waals surface area contributed by atoms with E-state index in [4.69, 9.17) is 4.74 Å². The number of aromatic amines is 1. The Hall–Kier alpha value is -3.15. The number of H-pyrrole nitrogens is 1. The van der Waals surface area contributed by atoms with E-state index in [1.54, 1.807) is 0 Å². The Morgan fingerprint density at radius 2 is 1.91 bits per heavy atom. The maximum Gasteiger partial charge on any atom is 0.256 e. The largest absolute Gasteiger partial charge is 0.379 e. The first kappa shape index (κ1) is 21.4. The average molecular weight is 454 g/mol. The summed E-state index contributed by atoms with van der Waals surface area (Å²) in [4.78, 5) is 18.9. The number of anilines is 1. The van der Waals surface area contributed by atoms with Crippen molar-refractivity contribution in [1.82, 2.24) is 9.88 Å². The second-order valence-electron chi connectivity index (χ2n) is 9.61. The molecule has 1 atom stereocenters. The lowest BCUT2D eigenvalue weighted by atomic mass is 9.82. The lowest BCUT2D eigenvalue weighted by Crippen LogP contribution is -2.37. The topological polar surface area (TPSA) is 57.4 Å². The zero-order valence-corrected chi connectivity index (χ0v) is 19.5. The number of rotatable bonds is 5. The van der Waals surface area contributed by atoms with E-state index in [0.29, 0.717) is 5.92 Å². The number of aromatic nitrogens is 1. The molecular weight excluding hydrogens is 422 g/mol. The number of amides is 1. The van der Waals surface area contributed by atoms with Crippen LogP contribution in [0.25, 0.3) is 11.6 Å². The first-order valence-corrected chi connectivity index (χ1v) is 12.5. The van der Waals surface area contributed by atoms with Gasteiger partial charge in [-0.15, -0.1) is 0 Å². The summed E-state index contributed by atoms with van der Waals surface area (Å²) in [7, 11) is 0. The lowest BCUT2D eigenvalue weighted by molar-refractivity contribution is -0.110. The van der Waals surface area contributed by atoms with E-state index in [9.17, 15) is 4.79 Å². The van der Waals surface area contributed by atoms with Gasteiger partial charge < -0.3 is 15.0 Å². The highest BCUT2D eigenvalue weighted by atomic mass is 16.5. The van der Waals surface area contributed by atoms with Gasteiger partial charge in [0.1, 0.15) is 0 Å². The standard InChI is InChI=1S/C29H31N3O2/c33-29-26(24-17-20(9-10-28(24)31-29)11-12-32-13-15-34-16-14-32)19-22-18-25-23(7-4-8-27(25)30-22)21-5-2-1-3-6-21/h1-3,5-6,9-10,17-19,23,30H,4,7-8,11-16H2,(H,31,33). The molecule has 1 saturated heterocycles. The molecule has 2 N–H and O–H groups in total. The molecular formula is C29H31N3O2. The molecule has 0 saturated carbocycles. The number of fused-ring (bicyclic) bond motifs is 2. The highest BCUT2D eigenvalue weighted by Crippen LogP contribution is 2.39. The first-order valence-electron chi connectivity index (χ1n) is 12.5. The van der Waals surface area contributed by atoms with Crippen LogP contribution in [0.1, 0.15) is 52.4 Å². The molecule has 5 nitrogen and oxygen atoms in total. The van der Waals surface area contributed by atoms with E-state index in [2.05, 4.69) is 63.7 Å². The molecule has 1 aromatic heterocycles. The van der Waals surface area contributed by atoms with E-state index in [1.807, 2.05) is 12.1 Å². The molecule has 3 heterocycles. The van der Waals surface area contributed by atoms with Crippen molar-refractivity contribution >= 4 is 23.2 Å². The Balaban J connectivity index is 1.26. The zero-order valence-electron chi connectivity index (χ0n) is 19.5. The van der Waals surface area contributed by atoms with Crippen molar-refractivity contribution in [2.75, 3.05) is 38.2 Å². The van der Waals surface area contributed by atoms with Gasteiger partial charge in [-0.25, -0.2) is 0 Å². The van der Waals surface area contributed by atoms with E-state index < -0.39 is 0 Å². The second-order valence-corrected chi connectivity index (χ2v) is 9.61. The molecule has 1 fully saturated rings. The molecule has 0 spiro atoms. The van der Waals surface area contributed by atoms with Crippen LogP contribution >= 0.6 is 0 Å². The summed E-state index contributed by atoms with van der Waals surface area (Å²) in [6.45, 7) is 4.66. The number of nitrogens with zero attached hydrogens (tertiary/aromatic N) is 1. The summed E-state index contributed by atoms with van der Waals surface area (Å²) in [5.74, 6) is 0.400. The van der Waals surface area contributed by atoms with Crippen LogP contribution in [0.5, 0.6) is 0 Å². The van der Waals surface area contributed by atoms with Crippen molar-refractivity contribution in [1.29, 1.82) is 0 Å². The highest BCUT2D eigenvalue weighted by molar-refractivity contribution is 6.34. The van der Waals surface area contributed by atoms with Gasteiger partial charge in [-0.2, -0.15) is 0 Å². The minimum absolute atomic E-state index is 0.0208. The van der Waals surface area contributed by atoms with Gasteiger partial charge in [0, 0.05) is 48.2 Å². The van der Waals surface area contributed by atoms with Gasteiger partial charge in [0.15, 0.2) is 0 Å². The summed E-state index contributed by atoms with van der Waals surface area (Å²) in [6.07, 6.45) is 6.42. The summed E-state index contributed by atoms with van der Waals surface area (Å²) in [5.41, 5.74) is 9.01. The van der Waals surface area contributed by atoms with Crippen molar-refractivity contribution in [2.24, 2.45) is 0 Å². The number of morpholine rings is 1. The summed E-state index contributed by atoms with van der Waals surface area (Å²) in [5, 5.41) is 3.05. The van der Waals surface area contributed by atoms with Crippen molar-refractivity contribution in [3.05, 3.63) is 88.2 Å². The third-order valence-corrected chi connectivity index (χ3v) is 7.44. The molecule has 34 heavy (non-hydrogen) atoms. The summed E-state index contributed by atoms with van der Waals surface area (Å²) < 4.78 is 5.46. The smallest absolute Gasteiger partial charge is 0.256 e. The molecule has 3 aromatic rings. The molecule has 1 amide bonds. The molecule has 5 heteroatoms. The Bertz CT molecular complexity index is 1220. The van der Waals surface area contributed by atoms with Crippen molar-refractivity contribution in [2.45, 2.75) is 31.6 Å². The number of nitrogens with one attached hydrogen (secondary N) is 2. The summed E-state index contributed by atoms with van der Waals surface area (Å²) in [6, 6.07) is 19.4. The van der Waals surface area contributed by atoms with Crippen LogP contribution in [0.4, 0.5) is 5.69 Å². The van der Waals surface area contributed by atoms with Crippen LogP contribution in [-0.4, -0.2) is 48.6 Å². The Morgan fingerprint density at radius 3 is 2.76 bits per heavy atom. The number of carbonyl (C=O) groups is 1.